The summed E-state index contributed by atoms with van der Waals surface area (Å²) < 4.78 is 5.73. The lowest BCUT2D eigenvalue weighted by atomic mass is 10.1. The van der Waals surface area contributed by atoms with Crippen molar-refractivity contribution in [3.8, 4) is 22.4 Å². The smallest absolute Gasteiger partial charge is 0.263 e. The van der Waals surface area contributed by atoms with E-state index < -0.39 is 0 Å². The van der Waals surface area contributed by atoms with Crippen LogP contribution >= 0.6 is 11.3 Å². The van der Waals surface area contributed by atoms with Crippen LogP contribution in [0, 0.1) is 24.2 Å². The zero-order chi connectivity index (χ0) is 22.1. The van der Waals surface area contributed by atoms with E-state index in [1.807, 2.05) is 13.0 Å². The largest absolute Gasteiger partial charge is 0.492 e. The lowest BCUT2D eigenvalue weighted by Gasteiger charge is -2.17. The SMILES string of the molecule is CCN(CC)CCCNC(=O)c1sc(-c2ccc(OCC(C)C)c(C#N)c2)nc1C. The van der Waals surface area contributed by atoms with Crippen molar-refractivity contribution in [1.82, 2.24) is 15.2 Å². The fourth-order valence-electron chi connectivity index (χ4n) is 2.99. The van der Waals surface area contributed by atoms with Gasteiger partial charge in [-0.15, -0.1) is 11.3 Å². The molecule has 30 heavy (non-hydrogen) atoms. The second kappa shape index (κ2) is 11.7. The molecule has 1 heterocycles. The summed E-state index contributed by atoms with van der Waals surface area (Å²) in [5, 5.41) is 13.2. The summed E-state index contributed by atoms with van der Waals surface area (Å²) in [5.74, 6) is 0.869. The Morgan fingerprint density at radius 3 is 2.70 bits per heavy atom. The molecule has 162 valence electrons. The minimum Gasteiger partial charge on any atom is -0.492 e. The van der Waals surface area contributed by atoms with Gasteiger partial charge in [0.1, 0.15) is 21.7 Å². The maximum absolute atomic E-state index is 12.6. The van der Waals surface area contributed by atoms with Gasteiger partial charge in [-0.2, -0.15) is 5.26 Å². The summed E-state index contributed by atoms with van der Waals surface area (Å²) in [7, 11) is 0. The number of thiazole rings is 1. The van der Waals surface area contributed by atoms with Crippen LogP contribution in [0.1, 0.15) is 55.0 Å². The third kappa shape index (κ3) is 6.54. The number of nitrogens with zero attached hydrogens (tertiary/aromatic N) is 3. The quantitative estimate of drug-likeness (QED) is 0.534. The van der Waals surface area contributed by atoms with Crippen LogP contribution in [-0.2, 0) is 0 Å². The lowest BCUT2D eigenvalue weighted by Crippen LogP contribution is -2.29. The van der Waals surface area contributed by atoms with Crippen molar-refractivity contribution in [3.05, 3.63) is 34.3 Å². The van der Waals surface area contributed by atoms with Crippen molar-refractivity contribution in [2.45, 2.75) is 41.0 Å². The Bertz CT molecular complexity index is 882. The normalized spacial score (nSPS) is 11.0. The third-order valence-electron chi connectivity index (χ3n) is 4.75. The van der Waals surface area contributed by atoms with Gasteiger partial charge < -0.3 is 15.0 Å². The predicted octanol–water partition coefficient (Wildman–Crippen LogP) is 4.49. The van der Waals surface area contributed by atoms with Crippen LogP contribution in [0.15, 0.2) is 18.2 Å². The van der Waals surface area contributed by atoms with E-state index in [9.17, 15) is 10.1 Å². The lowest BCUT2D eigenvalue weighted by molar-refractivity contribution is 0.0955. The Kier molecular flexibility index (Phi) is 9.28. The van der Waals surface area contributed by atoms with Gasteiger partial charge in [0.25, 0.3) is 5.91 Å². The number of nitrogens with one attached hydrogen (secondary N) is 1. The van der Waals surface area contributed by atoms with Crippen LogP contribution in [0.3, 0.4) is 0 Å². The number of nitriles is 1. The van der Waals surface area contributed by atoms with Gasteiger partial charge in [0.2, 0.25) is 0 Å². The average Bonchev–Trinajstić information content (AvgIpc) is 3.13. The highest BCUT2D eigenvalue weighted by Gasteiger charge is 2.17. The zero-order valence-electron chi connectivity index (χ0n) is 18.6. The van der Waals surface area contributed by atoms with Crippen molar-refractivity contribution < 1.29 is 9.53 Å². The zero-order valence-corrected chi connectivity index (χ0v) is 19.4. The van der Waals surface area contributed by atoms with Crippen molar-refractivity contribution in [1.29, 1.82) is 5.26 Å². The molecule has 1 amide bonds. The molecule has 0 saturated carbocycles. The number of carbonyl (C=O) groups excluding carboxylic acids is 1. The summed E-state index contributed by atoms with van der Waals surface area (Å²) in [5.41, 5.74) is 2.00. The molecule has 0 aliphatic heterocycles. The predicted molar refractivity (Wildman–Crippen MR) is 122 cm³/mol. The van der Waals surface area contributed by atoms with E-state index in [1.54, 1.807) is 12.1 Å². The van der Waals surface area contributed by atoms with Crippen LogP contribution < -0.4 is 10.1 Å². The molecule has 2 aromatic rings. The van der Waals surface area contributed by atoms with Crippen LogP contribution in [0.25, 0.3) is 10.6 Å². The molecule has 0 saturated heterocycles. The standard InChI is InChI=1S/C23H32N4O2S/c1-6-27(7-2)12-8-11-25-22(28)21-17(5)26-23(30-21)18-9-10-20(19(13-18)14-24)29-15-16(3)4/h9-10,13,16H,6-8,11-12,15H2,1-5H3,(H,25,28). The Hall–Kier alpha value is -2.43. The number of amides is 1. The summed E-state index contributed by atoms with van der Waals surface area (Å²) >= 11 is 1.35. The van der Waals surface area contributed by atoms with Crippen molar-refractivity contribution in [2.75, 3.05) is 32.8 Å². The average molecular weight is 429 g/mol. The fraction of sp³-hybridized carbons (Fsp3) is 0.522. The molecule has 7 heteroatoms. The third-order valence-corrected chi connectivity index (χ3v) is 5.96. The number of rotatable bonds is 11. The highest BCUT2D eigenvalue weighted by atomic mass is 32.1. The van der Waals surface area contributed by atoms with Gasteiger partial charge in [0, 0.05) is 12.1 Å². The Morgan fingerprint density at radius 2 is 2.07 bits per heavy atom. The maximum atomic E-state index is 12.6. The first kappa shape index (κ1) is 23.8. The van der Waals surface area contributed by atoms with E-state index in [0.717, 1.165) is 36.6 Å². The molecule has 0 atom stereocenters. The molecule has 0 aliphatic carbocycles. The van der Waals surface area contributed by atoms with E-state index in [0.29, 0.717) is 41.0 Å². The summed E-state index contributed by atoms with van der Waals surface area (Å²) in [6.45, 7) is 14.5. The first-order valence-corrected chi connectivity index (χ1v) is 11.4. The molecule has 0 radical (unpaired) electrons. The van der Waals surface area contributed by atoms with E-state index in [1.165, 1.54) is 11.3 Å². The minimum atomic E-state index is -0.0896. The molecule has 0 bridgehead atoms. The summed E-state index contributed by atoms with van der Waals surface area (Å²) in [6, 6.07) is 7.67. The fourth-order valence-corrected chi connectivity index (χ4v) is 3.97. The van der Waals surface area contributed by atoms with Crippen molar-refractivity contribution >= 4 is 17.2 Å². The molecule has 1 aromatic carbocycles. The van der Waals surface area contributed by atoms with Gasteiger partial charge in [-0.3, -0.25) is 4.79 Å². The Balaban J connectivity index is 2.06. The maximum Gasteiger partial charge on any atom is 0.263 e. The summed E-state index contributed by atoms with van der Waals surface area (Å²) in [6.07, 6.45) is 0.918. The molecular weight excluding hydrogens is 396 g/mol. The number of benzene rings is 1. The van der Waals surface area contributed by atoms with Crippen LogP contribution in [0.2, 0.25) is 0 Å². The number of aryl methyl sites for hydroxylation is 1. The van der Waals surface area contributed by atoms with Gasteiger partial charge in [-0.1, -0.05) is 27.7 Å². The second-order valence-corrected chi connectivity index (χ2v) is 8.60. The highest BCUT2D eigenvalue weighted by Crippen LogP contribution is 2.31. The van der Waals surface area contributed by atoms with Crippen LogP contribution in [0.4, 0.5) is 0 Å². The number of aromatic nitrogens is 1. The van der Waals surface area contributed by atoms with Crippen molar-refractivity contribution in [3.63, 3.8) is 0 Å². The molecular formula is C23H32N4O2S. The first-order chi connectivity index (χ1) is 14.4. The molecule has 1 N–H and O–H groups in total. The molecule has 0 unspecified atom stereocenters. The second-order valence-electron chi connectivity index (χ2n) is 7.60. The highest BCUT2D eigenvalue weighted by molar-refractivity contribution is 7.17. The topological polar surface area (TPSA) is 78.3 Å². The van der Waals surface area contributed by atoms with Gasteiger partial charge >= 0.3 is 0 Å². The van der Waals surface area contributed by atoms with E-state index in [4.69, 9.17) is 4.74 Å². The molecule has 1 aromatic heterocycles. The number of ether oxygens (including phenoxy) is 1. The number of hydrogen-bond donors (Lipinski definition) is 1. The van der Waals surface area contributed by atoms with Crippen molar-refractivity contribution in [2.24, 2.45) is 5.92 Å². The van der Waals surface area contributed by atoms with Gasteiger partial charge in [0.15, 0.2) is 0 Å². The molecule has 2 rings (SSSR count). The Morgan fingerprint density at radius 1 is 1.33 bits per heavy atom. The van der Waals surface area contributed by atoms with Gasteiger partial charge in [-0.05, 0) is 57.1 Å². The molecule has 0 aliphatic rings. The van der Waals surface area contributed by atoms with E-state index in [-0.39, 0.29) is 5.91 Å². The first-order valence-electron chi connectivity index (χ1n) is 10.5. The molecule has 0 fully saturated rings. The van der Waals surface area contributed by atoms with Gasteiger partial charge in [-0.25, -0.2) is 4.98 Å². The molecule has 0 spiro atoms. The number of hydrogen-bond acceptors (Lipinski definition) is 6. The monoisotopic (exact) mass is 428 g/mol. The van der Waals surface area contributed by atoms with E-state index >= 15 is 0 Å². The van der Waals surface area contributed by atoms with Crippen LogP contribution in [0.5, 0.6) is 5.75 Å². The van der Waals surface area contributed by atoms with E-state index in [2.05, 4.69) is 49.0 Å². The summed E-state index contributed by atoms with van der Waals surface area (Å²) in [4.78, 5) is 20.1. The minimum absolute atomic E-state index is 0.0896. The Labute approximate surface area is 183 Å². The van der Waals surface area contributed by atoms with Crippen LogP contribution in [-0.4, -0.2) is 48.6 Å². The van der Waals surface area contributed by atoms with Gasteiger partial charge in [0.05, 0.1) is 17.9 Å². The number of carbonyl (C=O) groups is 1. The molecule has 6 nitrogen and oxygen atoms in total.